The second-order valence-electron chi connectivity index (χ2n) is 7.33. The Morgan fingerprint density at radius 2 is 1.67 bits per heavy atom. The molecule has 2 fully saturated rings. The maximum Gasteiger partial charge on any atom is 0.239 e. The predicted molar refractivity (Wildman–Crippen MR) is 94.6 cm³/mol. The molecule has 4 heteroatoms. The van der Waals surface area contributed by atoms with Crippen LogP contribution in [0.1, 0.15) is 56.9 Å². The maximum atomic E-state index is 12.1. The van der Waals surface area contributed by atoms with Crippen LogP contribution >= 0.6 is 0 Å². The zero-order valence-electron chi connectivity index (χ0n) is 14.4. The molecule has 130 valence electrons. The van der Waals surface area contributed by atoms with Crippen molar-refractivity contribution in [1.29, 1.82) is 0 Å². The molecule has 24 heavy (non-hydrogen) atoms. The first-order valence-electron chi connectivity index (χ1n) is 9.30. The van der Waals surface area contributed by atoms with Crippen LogP contribution in [0.3, 0.4) is 0 Å². The number of rotatable bonds is 6. The van der Waals surface area contributed by atoms with Crippen LogP contribution < -0.4 is 10.6 Å². The Morgan fingerprint density at radius 3 is 2.29 bits per heavy atom. The van der Waals surface area contributed by atoms with Gasteiger partial charge in [0, 0.05) is 17.9 Å². The molecule has 1 aromatic carbocycles. The van der Waals surface area contributed by atoms with Crippen LogP contribution in [0.4, 0.5) is 0 Å². The van der Waals surface area contributed by atoms with Crippen molar-refractivity contribution in [3.8, 4) is 0 Å². The zero-order valence-corrected chi connectivity index (χ0v) is 14.4. The minimum atomic E-state index is -0.0821. The van der Waals surface area contributed by atoms with Crippen molar-refractivity contribution >= 4 is 11.8 Å². The molecule has 0 aromatic heterocycles. The van der Waals surface area contributed by atoms with E-state index in [1.54, 1.807) is 0 Å². The lowest BCUT2D eigenvalue weighted by molar-refractivity contribution is -0.129. The second kappa shape index (κ2) is 7.82. The van der Waals surface area contributed by atoms with E-state index in [2.05, 4.69) is 34.9 Å². The first-order valence-corrected chi connectivity index (χ1v) is 9.30. The first-order chi connectivity index (χ1) is 11.7. The highest BCUT2D eigenvalue weighted by atomic mass is 16.2. The fourth-order valence-electron chi connectivity index (χ4n) is 3.97. The Bertz CT molecular complexity index is 560. The van der Waals surface area contributed by atoms with Crippen LogP contribution in [0, 0.1) is 5.92 Å². The first kappa shape index (κ1) is 17.0. The van der Waals surface area contributed by atoms with Gasteiger partial charge >= 0.3 is 0 Å². The summed E-state index contributed by atoms with van der Waals surface area (Å²) in [7, 11) is 0. The lowest BCUT2D eigenvalue weighted by atomic mass is 9.64. The van der Waals surface area contributed by atoms with Crippen LogP contribution in [-0.4, -0.2) is 24.9 Å². The molecule has 1 aromatic rings. The van der Waals surface area contributed by atoms with E-state index in [4.69, 9.17) is 0 Å². The van der Waals surface area contributed by atoms with Crippen molar-refractivity contribution in [2.45, 2.75) is 56.8 Å². The van der Waals surface area contributed by atoms with Gasteiger partial charge in [-0.1, -0.05) is 56.0 Å². The van der Waals surface area contributed by atoms with Gasteiger partial charge in [0.2, 0.25) is 11.8 Å². The summed E-state index contributed by atoms with van der Waals surface area (Å²) in [5, 5.41) is 5.84. The molecule has 0 unspecified atom stereocenters. The van der Waals surface area contributed by atoms with Gasteiger partial charge in [-0.05, 0) is 31.2 Å². The fraction of sp³-hybridized carbons (Fsp3) is 0.600. The van der Waals surface area contributed by atoms with Gasteiger partial charge in [-0.15, -0.1) is 0 Å². The average Bonchev–Trinajstić information content (AvgIpc) is 2.60. The molecular weight excluding hydrogens is 300 g/mol. The summed E-state index contributed by atoms with van der Waals surface area (Å²) >= 11 is 0. The van der Waals surface area contributed by atoms with Gasteiger partial charge in [0.1, 0.15) is 0 Å². The Hall–Kier alpha value is -1.84. The highest BCUT2D eigenvalue weighted by Gasteiger charge is 2.38. The molecule has 0 aliphatic heterocycles. The number of hydrogen-bond acceptors (Lipinski definition) is 2. The SMILES string of the molecule is O=C(CNC(=O)C1CCCCC1)NCC1(c2ccccc2)CCC1. The number of benzene rings is 1. The highest BCUT2D eigenvalue weighted by molar-refractivity contribution is 5.85. The van der Waals surface area contributed by atoms with E-state index in [1.807, 2.05) is 6.07 Å². The van der Waals surface area contributed by atoms with Gasteiger partial charge < -0.3 is 10.6 Å². The lowest BCUT2D eigenvalue weighted by Crippen LogP contribution is -2.48. The number of carbonyl (C=O) groups is 2. The molecule has 2 N–H and O–H groups in total. The van der Waals surface area contributed by atoms with Crippen molar-refractivity contribution in [2.75, 3.05) is 13.1 Å². The quantitative estimate of drug-likeness (QED) is 0.843. The van der Waals surface area contributed by atoms with Gasteiger partial charge in [-0.3, -0.25) is 9.59 Å². The molecule has 0 radical (unpaired) electrons. The monoisotopic (exact) mass is 328 g/mol. The Balaban J connectivity index is 1.44. The molecular formula is C20H28N2O2. The summed E-state index contributed by atoms with van der Waals surface area (Å²) in [6.45, 7) is 0.759. The molecule has 2 saturated carbocycles. The molecule has 4 nitrogen and oxygen atoms in total. The second-order valence-corrected chi connectivity index (χ2v) is 7.33. The summed E-state index contributed by atoms with van der Waals surface area (Å²) < 4.78 is 0. The van der Waals surface area contributed by atoms with Gasteiger partial charge in [0.05, 0.1) is 6.54 Å². The van der Waals surface area contributed by atoms with E-state index < -0.39 is 0 Å². The average molecular weight is 328 g/mol. The summed E-state index contributed by atoms with van der Waals surface area (Å²) in [5.41, 5.74) is 1.40. The number of carbonyl (C=O) groups excluding carboxylic acids is 2. The van der Waals surface area contributed by atoms with Crippen LogP contribution in [0.2, 0.25) is 0 Å². The van der Waals surface area contributed by atoms with Crippen LogP contribution in [-0.2, 0) is 15.0 Å². The number of amides is 2. The normalized spacial score (nSPS) is 20.0. The van der Waals surface area contributed by atoms with E-state index >= 15 is 0 Å². The van der Waals surface area contributed by atoms with E-state index in [0.29, 0.717) is 6.54 Å². The minimum Gasteiger partial charge on any atom is -0.354 e. The summed E-state index contributed by atoms with van der Waals surface area (Å²) in [6.07, 6.45) is 8.86. The smallest absolute Gasteiger partial charge is 0.239 e. The van der Waals surface area contributed by atoms with Crippen molar-refractivity contribution in [3.63, 3.8) is 0 Å². The van der Waals surface area contributed by atoms with Crippen LogP contribution in [0.25, 0.3) is 0 Å². The molecule has 0 spiro atoms. The number of nitrogens with one attached hydrogen (secondary N) is 2. The van der Waals surface area contributed by atoms with E-state index in [9.17, 15) is 9.59 Å². The third-order valence-corrected chi connectivity index (χ3v) is 5.72. The van der Waals surface area contributed by atoms with Gasteiger partial charge in [-0.2, -0.15) is 0 Å². The third kappa shape index (κ3) is 3.97. The van der Waals surface area contributed by atoms with Crippen molar-refractivity contribution in [1.82, 2.24) is 10.6 Å². The maximum absolute atomic E-state index is 12.1. The fourth-order valence-corrected chi connectivity index (χ4v) is 3.97. The predicted octanol–water partition coefficient (Wildman–Crippen LogP) is 2.92. The summed E-state index contributed by atoms with van der Waals surface area (Å²) in [4.78, 5) is 24.2. The van der Waals surface area contributed by atoms with Crippen LogP contribution in [0.5, 0.6) is 0 Å². The summed E-state index contributed by atoms with van der Waals surface area (Å²) in [6, 6.07) is 10.4. The third-order valence-electron chi connectivity index (χ3n) is 5.72. The van der Waals surface area contributed by atoms with E-state index in [-0.39, 0.29) is 29.7 Å². The van der Waals surface area contributed by atoms with Crippen molar-refractivity contribution < 1.29 is 9.59 Å². The number of hydrogen-bond donors (Lipinski definition) is 2. The standard InChI is InChI=1S/C20H28N2O2/c23-18(14-21-19(24)16-8-3-1-4-9-16)22-15-20(12-7-13-20)17-10-5-2-6-11-17/h2,5-6,10-11,16H,1,3-4,7-9,12-15H2,(H,21,24)(H,22,23). The Labute approximate surface area is 144 Å². The lowest BCUT2D eigenvalue weighted by Gasteiger charge is -2.42. The van der Waals surface area contributed by atoms with Crippen LogP contribution in [0.15, 0.2) is 30.3 Å². The van der Waals surface area contributed by atoms with Gasteiger partial charge in [0.15, 0.2) is 0 Å². The molecule has 2 aliphatic carbocycles. The molecule has 2 aliphatic rings. The van der Waals surface area contributed by atoms with Gasteiger partial charge in [-0.25, -0.2) is 0 Å². The highest BCUT2D eigenvalue weighted by Crippen LogP contribution is 2.43. The molecule has 0 atom stereocenters. The Morgan fingerprint density at radius 1 is 0.958 bits per heavy atom. The van der Waals surface area contributed by atoms with E-state index in [0.717, 1.165) is 38.5 Å². The molecule has 2 amide bonds. The van der Waals surface area contributed by atoms with Crippen molar-refractivity contribution in [3.05, 3.63) is 35.9 Å². The Kier molecular flexibility index (Phi) is 5.54. The summed E-state index contributed by atoms with van der Waals surface area (Å²) in [5.74, 6) is 0.0708. The van der Waals surface area contributed by atoms with E-state index in [1.165, 1.54) is 18.4 Å². The minimum absolute atomic E-state index is 0.0475. The molecule has 0 heterocycles. The zero-order chi connectivity index (χ0) is 16.8. The topological polar surface area (TPSA) is 58.2 Å². The molecule has 0 bridgehead atoms. The largest absolute Gasteiger partial charge is 0.354 e. The van der Waals surface area contributed by atoms with Crippen molar-refractivity contribution in [2.24, 2.45) is 5.92 Å². The molecule has 0 saturated heterocycles. The molecule has 3 rings (SSSR count). The van der Waals surface area contributed by atoms with Gasteiger partial charge in [0.25, 0.3) is 0 Å².